The van der Waals surface area contributed by atoms with Crippen molar-refractivity contribution in [3.05, 3.63) is 36.0 Å². The first-order valence-corrected chi connectivity index (χ1v) is 13.2. The van der Waals surface area contributed by atoms with Crippen molar-refractivity contribution in [2.75, 3.05) is 0 Å². The average Bonchev–Trinajstić information content (AvgIpc) is 3.30. The van der Waals surface area contributed by atoms with Gasteiger partial charge in [-0.2, -0.15) is 0 Å². The van der Waals surface area contributed by atoms with Gasteiger partial charge in [0, 0.05) is 36.4 Å². The topological polar surface area (TPSA) is 247 Å². The van der Waals surface area contributed by atoms with Crippen LogP contribution in [0.15, 0.2) is 30.5 Å². The van der Waals surface area contributed by atoms with Gasteiger partial charge in [-0.15, -0.1) is 0 Å². The SMILES string of the molecule is CC(C)CC(NC(=O)C(CCC(N)=O)NC(=O)C(Cc1c[nH]c2ccccc12)NC(=O)C(N)CCC(=O)O)C(=O)O. The third-order valence-electron chi connectivity index (χ3n) is 6.37. The van der Waals surface area contributed by atoms with Crippen molar-refractivity contribution in [2.24, 2.45) is 17.4 Å². The lowest BCUT2D eigenvalue weighted by Gasteiger charge is -2.25. The van der Waals surface area contributed by atoms with Crippen LogP contribution < -0.4 is 27.4 Å². The predicted octanol–water partition coefficient (Wildman–Crippen LogP) is -0.247. The fourth-order valence-corrected chi connectivity index (χ4v) is 4.21. The number of hydrogen-bond donors (Lipinski definition) is 8. The van der Waals surface area contributed by atoms with E-state index in [1.165, 1.54) is 0 Å². The monoisotopic (exact) mass is 574 g/mol. The van der Waals surface area contributed by atoms with Crippen molar-refractivity contribution >= 4 is 46.5 Å². The Kier molecular flexibility index (Phi) is 12.3. The Balaban J connectivity index is 2.31. The van der Waals surface area contributed by atoms with E-state index in [2.05, 4.69) is 20.9 Å². The number of H-pyrrole nitrogens is 1. The molecule has 0 fully saturated rings. The molecule has 14 nitrogen and oxygen atoms in total. The number of para-hydroxylation sites is 1. The third kappa shape index (κ3) is 10.6. The Hall–Kier alpha value is -4.46. The fraction of sp³-hybridized carbons (Fsp3) is 0.481. The number of aliphatic carboxylic acids is 2. The summed E-state index contributed by atoms with van der Waals surface area (Å²) in [5.74, 6) is -5.59. The quantitative estimate of drug-likeness (QED) is 0.124. The summed E-state index contributed by atoms with van der Waals surface area (Å²) in [6.07, 6.45) is 0.755. The average molecular weight is 575 g/mol. The van der Waals surface area contributed by atoms with E-state index in [1.54, 1.807) is 26.1 Å². The number of aromatic amines is 1. The summed E-state index contributed by atoms with van der Waals surface area (Å²) in [5, 5.41) is 26.7. The highest BCUT2D eigenvalue weighted by Gasteiger charge is 2.31. The smallest absolute Gasteiger partial charge is 0.326 e. The van der Waals surface area contributed by atoms with Crippen molar-refractivity contribution < 1.29 is 39.0 Å². The van der Waals surface area contributed by atoms with Crippen LogP contribution in [0.4, 0.5) is 0 Å². The van der Waals surface area contributed by atoms with Crippen LogP contribution in [-0.2, 0) is 35.2 Å². The van der Waals surface area contributed by atoms with Gasteiger partial charge < -0.3 is 42.6 Å². The predicted molar refractivity (Wildman–Crippen MR) is 148 cm³/mol. The molecule has 0 saturated carbocycles. The molecule has 4 unspecified atom stereocenters. The normalized spacial score (nSPS) is 14.0. The van der Waals surface area contributed by atoms with Crippen LogP contribution in [0.2, 0.25) is 0 Å². The summed E-state index contributed by atoms with van der Waals surface area (Å²) in [5.41, 5.74) is 12.5. The number of benzene rings is 1. The molecule has 2 rings (SSSR count). The van der Waals surface area contributed by atoms with Crippen LogP contribution in [0.3, 0.4) is 0 Å². The molecule has 0 aliphatic rings. The van der Waals surface area contributed by atoms with E-state index in [-0.39, 0.29) is 44.4 Å². The molecular weight excluding hydrogens is 536 g/mol. The summed E-state index contributed by atoms with van der Waals surface area (Å²) < 4.78 is 0. The molecule has 0 aliphatic carbocycles. The number of aromatic nitrogens is 1. The van der Waals surface area contributed by atoms with Gasteiger partial charge in [0.2, 0.25) is 23.6 Å². The molecule has 0 spiro atoms. The third-order valence-corrected chi connectivity index (χ3v) is 6.37. The lowest BCUT2D eigenvalue weighted by Crippen LogP contribution is -2.57. The molecule has 1 heterocycles. The van der Waals surface area contributed by atoms with E-state index >= 15 is 0 Å². The standard InChI is InChI=1S/C27H38N6O8/c1-14(2)11-21(27(40)41)33-25(38)19(8-9-22(29)34)31-26(39)20(32-24(37)17(28)7-10-23(35)36)12-15-13-30-18-6-4-3-5-16(15)18/h3-6,13-14,17,19-21,30H,7-12,28H2,1-2H3,(H2,29,34)(H,31,39)(H,32,37)(H,33,38)(H,35,36)(H,40,41). The number of rotatable bonds is 17. The first-order chi connectivity index (χ1) is 19.3. The molecule has 10 N–H and O–H groups in total. The van der Waals surface area contributed by atoms with Crippen molar-refractivity contribution in [1.29, 1.82) is 0 Å². The van der Waals surface area contributed by atoms with Gasteiger partial charge in [0.15, 0.2) is 0 Å². The van der Waals surface area contributed by atoms with Crippen LogP contribution in [0.5, 0.6) is 0 Å². The number of nitrogens with one attached hydrogen (secondary N) is 4. The summed E-state index contributed by atoms with van der Waals surface area (Å²) in [6.45, 7) is 3.57. The van der Waals surface area contributed by atoms with E-state index < -0.39 is 59.7 Å². The molecule has 0 aliphatic heterocycles. The zero-order chi connectivity index (χ0) is 30.7. The molecule has 0 radical (unpaired) electrons. The molecule has 41 heavy (non-hydrogen) atoms. The van der Waals surface area contributed by atoms with Crippen LogP contribution in [0, 0.1) is 5.92 Å². The summed E-state index contributed by atoms with van der Waals surface area (Å²) in [6, 6.07) is 2.22. The number of carbonyl (C=O) groups excluding carboxylic acids is 4. The second-order valence-corrected chi connectivity index (χ2v) is 10.3. The van der Waals surface area contributed by atoms with E-state index in [0.29, 0.717) is 5.56 Å². The number of hydrogen-bond acceptors (Lipinski definition) is 7. The second kappa shape index (κ2) is 15.4. The number of carboxylic acids is 2. The van der Waals surface area contributed by atoms with Gasteiger partial charge in [-0.3, -0.25) is 24.0 Å². The largest absolute Gasteiger partial charge is 0.481 e. The Labute approximate surface area is 236 Å². The van der Waals surface area contributed by atoms with E-state index in [0.717, 1.165) is 10.9 Å². The zero-order valence-corrected chi connectivity index (χ0v) is 23.0. The van der Waals surface area contributed by atoms with Gasteiger partial charge >= 0.3 is 11.9 Å². The minimum absolute atomic E-state index is 0.0253. The maximum absolute atomic E-state index is 13.5. The lowest BCUT2D eigenvalue weighted by molar-refractivity contribution is -0.143. The Bertz CT molecular complexity index is 1260. The molecular formula is C27H38N6O8. The second-order valence-electron chi connectivity index (χ2n) is 10.3. The number of primary amides is 1. The highest BCUT2D eigenvalue weighted by atomic mass is 16.4. The van der Waals surface area contributed by atoms with Gasteiger partial charge in [-0.25, -0.2) is 4.79 Å². The number of fused-ring (bicyclic) bond motifs is 1. The molecule has 0 bridgehead atoms. The molecule has 14 heteroatoms. The molecule has 4 amide bonds. The summed E-state index contributed by atoms with van der Waals surface area (Å²) >= 11 is 0. The lowest BCUT2D eigenvalue weighted by atomic mass is 10.0. The van der Waals surface area contributed by atoms with Crippen molar-refractivity contribution in [2.45, 2.75) is 76.5 Å². The maximum atomic E-state index is 13.5. The van der Waals surface area contributed by atoms with E-state index in [1.807, 2.05) is 18.2 Å². The Morgan fingerprint density at radius 2 is 1.46 bits per heavy atom. The number of nitrogens with two attached hydrogens (primary N) is 2. The molecule has 1 aromatic heterocycles. The number of amides is 4. The minimum Gasteiger partial charge on any atom is -0.481 e. The van der Waals surface area contributed by atoms with Gasteiger partial charge in [-0.1, -0.05) is 32.0 Å². The van der Waals surface area contributed by atoms with Crippen molar-refractivity contribution in [3.8, 4) is 0 Å². The molecule has 224 valence electrons. The van der Waals surface area contributed by atoms with Gasteiger partial charge in [0.05, 0.1) is 6.04 Å². The molecule has 4 atom stereocenters. The van der Waals surface area contributed by atoms with Crippen molar-refractivity contribution in [1.82, 2.24) is 20.9 Å². The Morgan fingerprint density at radius 3 is 2.07 bits per heavy atom. The number of carboxylic acid groups (broad SMARTS) is 2. The van der Waals surface area contributed by atoms with Crippen LogP contribution >= 0.6 is 0 Å². The van der Waals surface area contributed by atoms with E-state index in [4.69, 9.17) is 16.6 Å². The Morgan fingerprint density at radius 1 is 0.854 bits per heavy atom. The number of carbonyl (C=O) groups is 6. The zero-order valence-electron chi connectivity index (χ0n) is 23.0. The molecule has 1 aromatic carbocycles. The van der Waals surface area contributed by atoms with Crippen LogP contribution in [0.25, 0.3) is 10.9 Å². The van der Waals surface area contributed by atoms with Crippen LogP contribution in [0.1, 0.15) is 51.5 Å². The van der Waals surface area contributed by atoms with Gasteiger partial charge in [0.25, 0.3) is 0 Å². The summed E-state index contributed by atoms with van der Waals surface area (Å²) in [4.78, 5) is 76.5. The van der Waals surface area contributed by atoms with Gasteiger partial charge in [0.1, 0.15) is 18.1 Å². The molecule has 2 aromatic rings. The highest BCUT2D eigenvalue weighted by Crippen LogP contribution is 2.19. The summed E-state index contributed by atoms with van der Waals surface area (Å²) in [7, 11) is 0. The first kappa shape index (κ1) is 32.8. The van der Waals surface area contributed by atoms with Gasteiger partial charge in [-0.05, 0) is 36.8 Å². The van der Waals surface area contributed by atoms with E-state index in [9.17, 15) is 33.9 Å². The highest BCUT2D eigenvalue weighted by molar-refractivity contribution is 5.95. The molecule has 0 saturated heterocycles. The minimum atomic E-state index is -1.34. The maximum Gasteiger partial charge on any atom is 0.326 e. The first-order valence-electron chi connectivity index (χ1n) is 13.2. The fourth-order valence-electron chi connectivity index (χ4n) is 4.21. The van der Waals surface area contributed by atoms with Crippen molar-refractivity contribution in [3.63, 3.8) is 0 Å². The van der Waals surface area contributed by atoms with Crippen LogP contribution in [-0.4, -0.2) is 74.9 Å².